The number of rotatable bonds is 6. The van der Waals surface area contributed by atoms with Gasteiger partial charge in [-0.25, -0.2) is 9.98 Å². The number of hydrogen-bond donors (Lipinski definition) is 2. The van der Waals surface area contributed by atoms with Crippen LogP contribution in [0.25, 0.3) is 11.2 Å². The van der Waals surface area contributed by atoms with Crippen LogP contribution < -0.4 is 5.32 Å². The van der Waals surface area contributed by atoms with E-state index in [1.165, 1.54) is 5.56 Å². The summed E-state index contributed by atoms with van der Waals surface area (Å²) in [5, 5.41) is 12.9. The number of aromatic nitrogens is 4. The second-order valence-electron chi connectivity index (χ2n) is 7.91. The molecule has 2 heterocycles. The Hall–Kier alpha value is -3.06. The lowest BCUT2D eigenvalue weighted by Crippen LogP contribution is -2.09. The number of aliphatic hydroxyl groups excluding tert-OH is 1. The van der Waals surface area contributed by atoms with Crippen molar-refractivity contribution in [3.8, 4) is 0 Å². The molecule has 0 bridgehead atoms. The molecular weight excluding hydrogens is 364 g/mol. The van der Waals surface area contributed by atoms with Crippen LogP contribution in [0.2, 0.25) is 0 Å². The quantitative estimate of drug-likeness (QED) is 0.498. The van der Waals surface area contributed by atoms with Crippen molar-refractivity contribution in [3.63, 3.8) is 0 Å². The first-order chi connectivity index (χ1) is 14.2. The van der Waals surface area contributed by atoms with Crippen molar-refractivity contribution in [2.45, 2.75) is 38.3 Å². The van der Waals surface area contributed by atoms with E-state index in [2.05, 4.69) is 56.1 Å². The Labute approximate surface area is 169 Å². The molecule has 0 saturated heterocycles. The van der Waals surface area contributed by atoms with Crippen LogP contribution in [-0.4, -0.2) is 43.5 Å². The standard InChI is InChI=1S/C22H24N6O/c1-14-2-4-15(5-3-14)11-23-22-26-20(25-17-7-8-17)19-21(27-22)28(13-24-19)18-9-6-16(10-18)12-29/h2-6,9,11,13,16-18,29H,7-8,10,12H2,1H3,(H,25,26,27)/b23-11+. The first-order valence-corrected chi connectivity index (χ1v) is 10.1. The van der Waals surface area contributed by atoms with Gasteiger partial charge in [0.15, 0.2) is 17.0 Å². The lowest BCUT2D eigenvalue weighted by atomic mass is 10.1. The van der Waals surface area contributed by atoms with E-state index in [1.54, 1.807) is 6.21 Å². The molecule has 3 aromatic rings. The Morgan fingerprint density at radius 1 is 1.21 bits per heavy atom. The molecule has 5 rings (SSSR count). The van der Waals surface area contributed by atoms with Crippen molar-refractivity contribution in [2.75, 3.05) is 11.9 Å². The number of nitrogens with one attached hydrogen (secondary N) is 1. The van der Waals surface area contributed by atoms with E-state index in [4.69, 9.17) is 4.98 Å². The maximum atomic E-state index is 9.45. The van der Waals surface area contributed by atoms with Crippen molar-refractivity contribution in [1.29, 1.82) is 0 Å². The van der Waals surface area contributed by atoms with Crippen LogP contribution in [0.5, 0.6) is 0 Å². The first kappa shape index (κ1) is 18.0. The van der Waals surface area contributed by atoms with Crippen molar-refractivity contribution < 1.29 is 5.11 Å². The summed E-state index contributed by atoms with van der Waals surface area (Å²) in [5.41, 5.74) is 3.76. The number of allylic oxidation sites excluding steroid dienone is 1. The second kappa shape index (κ2) is 7.40. The number of fused-ring (bicyclic) bond motifs is 1. The lowest BCUT2D eigenvalue weighted by molar-refractivity contribution is 0.244. The predicted molar refractivity (Wildman–Crippen MR) is 114 cm³/mol. The zero-order chi connectivity index (χ0) is 19.8. The molecule has 148 valence electrons. The molecule has 2 aliphatic rings. The highest BCUT2D eigenvalue weighted by Gasteiger charge is 2.26. The molecule has 1 aromatic carbocycles. The van der Waals surface area contributed by atoms with Crippen LogP contribution >= 0.6 is 0 Å². The van der Waals surface area contributed by atoms with Crippen LogP contribution in [0.1, 0.15) is 36.4 Å². The molecule has 2 atom stereocenters. The van der Waals surface area contributed by atoms with Gasteiger partial charge < -0.3 is 15.0 Å². The topological polar surface area (TPSA) is 88.2 Å². The molecule has 1 saturated carbocycles. The highest BCUT2D eigenvalue weighted by molar-refractivity contribution is 5.86. The van der Waals surface area contributed by atoms with Crippen LogP contribution in [0.4, 0.5) is 11.8 Å². The number of hydrogen-bond acceptors (Lipinski definition) is 6. The van der Waals surface area contributed by atoms with E-state index in [0.29, 0.717) is 12.0 Å². The van der Waals surface area contributed by atoms with Gasteiger partial charge >= 0.3 is 0 Å². The SMILES string of the molecule is Cc1ccc(/C=N/c2nc(NC3CC3)c3ncn(C4C=CC(CO)C4)c3n2)cc1. The molecule has 0 spiro atoms. The van der Waals surface area contributed by atoms with Gasteiger partial charge in [0.1, 0.15) is 0 Å². The number of anilines is 1. The minimum Gasteiger partial charge on any atom is -0.396 e. The van der Waals surface area contributed by atoms with E-state index >= 15 is 0 Å². The molecule has 7 heteroatoms. The third kappa shape index (κ3) is 3.78. The fraction of sp³-hybridized carbons (Fsp3) is 0.364. The largest absolute Gasteiger partial charge is 0.396 e. The molecule has 2 unspecified atom stereocenters. The minimum atomic E-state index is 0.134. The average molecular weight is 388 g/mol. The average Bonchev–Trinajstić information content (AvgIpc) is 3.25. The normalized spacial score (nSPS) is 21.4. The summed E-state index contributed by atoms with van der Waals surface area (Å²) in [6, 6.07) is 8.77. The maximum absolute atomic E-state index is 9.45. The van der Waals surface area contributed by atoms with E-state index in [1.807, 2.05) is 18.5 Å². The summed E-state index contributed by atoms with van der Waals surface area (Å²) < 4.78 is 2.06. The van der Waals surface area contributed by atoms with Gasteiger partial charge in [-0.2, -0.15) is 9.97 Å². The van der Waals surface area contributed by atoms with Gasteiger partial charge in [-0.3, -0.25) is 0 Å². The Morgan fingerprint density at radius 2 is 2.03 bits per heavy atom. The summed E-state index contributed by atoms with van der Waals surface area (Å²) in [6.07, 6.45) is 10.9. The van der Waals surface area contributed by atoms with Gasteiger partial charge in [0.2, 0.25) is 0 Å². The number of aliphatic imine (C=N–C) groups is 1. The third-order valence-electron chi connectivity index (χ3n) is 5.48. The zero-order valence-corrected chi connectivity index (χ0v) is 16.4. The minimum absolute atomic E-state index is 0.134. The summed E-state index contributed by atoms with van der Waals surface area (Å²) in [6.45, 7) is 2.23. The van der Waals surface area contributed by atoms with E-state index in [0.717, 1.165) is 41.8 Å². The first-order valence-electron chi connectivity index (χ1n) is 10.1. The summed E-state index contributed by atoms with van der Waals surface area (Å²) in [4.78, 5) is 18.5. The van der Waals surface area contributed by atoms with E-state index in [-0.39, 0.29) is 18.6 Å². The molecule has 29 heavy (non-hydrogen) atoms. The lowest BCUT2D eigenvalue weighted by Gasteiger charge is -2.13. The molecule has 0 amide bonds. The van der Waals surface area contributed by atoms with Crippen LogP contribution in [0.15, 0.2) is 47.7 Å². The maximum Gasteiger partial charge on any atom is 0.253 e. The van der Waals surface area contributed by atoms with Crippen molar-refractivity contribution >= 4 is 29.1 Å². The number of imidazole rings is 1. The van der Waals surface area contributed by atoms with Crippen LogP contribution in [0.3, 0.4) is 0 Å². The molecular formula is C22H24N6O. The molecule has 0 radical (unpaired) electrons. The molecule has 2 aromatic heterocycles. The Balaban J connectivity index is 1.52. The Morgan fingerprint density at radius 3 is 2.76 bits per heavy atom. The fourth-order valence-electron chi connectivity index (χ4n) is 3.61. The molecule has 2 aliphatic carbocycles. The highest BCUT2D eigenvalue weighted by atomic mass is 16.3. The number of aryl methyl sites for hydroxylation is 1. The second-order valence-corrected chi connectivity index (χ2v) is 7.91. The fourth-order valence-corrected chi connectivity index (χ4v) is 3.61. The summed E-state index contributed by atoms with van der Waals surface area (Å²) in [7, 11) is 0. The number of aliphatic hydroxyl groups is 1. The predicted octanol–water partition coefficient (Wildman–Crippen LogP) is 3.57. The molecule has 7 nitrogen and oxygen atoms in total. The van der Waals surface area contributed by atoms with E-state index in [9.17, 15) is 5.11 Å². The zero-order valence-electron chi connectivity index (χ0n) is 16.4. The third-order valence-corrected chi connectivity index (χ3v) is 5.48. The van der Waals surface area contributed by atoms with Crippen LogP contribution in [0, 0.1) is 12.8 Å². The summed E-state index contributed by atoms with van der Waals surface area (Å²) >= 11 is 0. The molecule has 0 aliphatic heterocycles. The van der Waals surface area contributed by atoms with Crippen molar-refractivity contribution in [2.24, 2.45) is 10.9 Å². The summed E-state index contributed by atoms with van der Waals surface area (Å²) in [5.74, 6) is 1.35. The van der Waals surface area contributed by atoms with Gasteiger partial charge in [-0.1, -0.05) is 42.0 Å². The highest BCUT2D eigenvalue weighted by Crippen LogP contribution is 2.33. The van der Waals surface area contributed by atoms with Gasteiger partial charge in [-0.05, 0) is 31.7 Å². The molecule has 2 N–H and O–H groups in total. The number of benzene rings is 1. The van der Waals surface area contributed by atoms with Crippen molar-refractivity contribution in [1.82, 2.24) is 19.5 Å². The van der Waals surface area contributed by atoms with Gasteiger partial charge in [0, 0.05) is 24.8 Å². The van der Waals surface area contributed by atoms with Crippen molar-refractivity contribution in [3.05, 3.63) is 53.9 Å². The van der Waals surface area contributed by atoms with Crippen LogP contribution in [-0.2, 0) is 0 Å². The van der Waals surface area contributed by atoms with Gasteiger partial charge in [-0.15, -0.1) is 0 Å². The molecule has 1 fully saturated rings. The van der Waals surface area contributed by atoms with E-state index < -0.39 is 0 Å². The Kier molecular flexibility index (Phi) is 4.60. The monoisotopic (exact) mass is 388 g/mol. The van der Waals surface area contributed by atoms with Gasteiger partial charge in [0.05, 0.1) is 12.4 Å². The van der Waals surface area contributed by atoms with Gasteiger partial charge in [0.25, 0.3) is 5.95 Å². The smallest absolute Gasteiger partial charge is 0.253 e. The number of nitrogens with zero attached hydrogens (tertiary/aromatic N) is 5. The Bertz CT molecular complexity index is 1080.